The Kier molecular flexibility index (Phi) is 5.62. The van der Waals surface area contributed by atoms with E-state index < -0.39 is 0 Å². The van der Waals surface area contributed by atoms with E-state index in [4.69, 9.17) is 5.73 Å². The largest absolute Gasteiger partial charge is 0.327 e. The van der Waals surface area contributed by atoms with Gasteiger partial charge in [0, 0.05) is 12.6 Å². The number of rotatable bonds is 6. The van der Waals surface area contributed by atoms with E-state index in [1.165, 1.54) is 45.3 Å². The van der Waals surface area contributed by atoms with Crippen molar-refractivity contribution in [1.29, 1.82) is 0 Å². The summed E-state index contributed by atoms with van der Waals surface area (Å²) in [6.07, 6.45) is 5.27. The van der Waals surface area contributed by atoms with Gasteiger partial charge >= 0.3 is 0 Å². The van der Waals surface area contributed by atoms with E-state index in [0.717, 1.165) is 11.8 Å². The first-order valence-corrected chi connectivity index (χ1v) is 6.61. The smallest absolute Gasteiger partial charge is 0.00676 e. The first-order chi connectivity index (χ1) is 7.13. The maximum atomic E-state index is 6.09. The van der Waals surface area contributed by atoms with E-state index in [9.17, 15) is 0 Å². The van der Waals surface area contributed by atoms with Crippen molar-refractivity contribution >= 4 is 0 Å². The van der Waals surface area contributed by atoms with Gasteiger partial charge in [0.05, 0.1) is 0 Å². The predicted molar refractivity (Wildman–Crippen MR) is 66.9 cm³/mol. The van der Waals surface area contributed by atoms with Crippen LogP contribution in [-0.4, -0.2) is 30.6 Å². The molecule has 2 heteroatoms. The van der Waals surface area contributed by atoms with Gasteiger partial charge in [-0.15, -0.1) is 0 Å². The molecule has 90 valence electrons. The fourth-order valence-electron chi connectivity index (χ4n) is 2.67. The maximum absolute atomic E-state index is 6.09. The van der Waals surface area contributed by atoms with Crippen molar-refractivity contribution in [2.75, 3.05) is 19.6 Å². The normalized spacial score (nSPS) is 26.8. The van der Waals surface area contributed by atoms with Crippen LogP contribution in [0.5, 0.6) is 0 Å². The molecule has 2 unspecified atom stereocenters. The second-order valence-corrected chi connectivity index (χ2v) is 5.43. The van der Waals surface area contributed by atoms with Gasteiger partial charge in [0.2, 0.25) is 0 Å². The van der Waals surface area contributed by atoms with Gasteiger partial charge in [0.25, 0.3) is 0 Å². The van der Waals surface area contributed by atoms with Crippen molar-refractivity contribution in [1.82, 2.24) is 4.90 Å². The summed E-state index contributed by atoms with van der Waals surface area (Å²) < 4.78 is 0. The third kappa shape index (κ3) is 4.52. The van der Waals surface area contributed by atoms with Gasteiger partial charge in [-0.3, -0.25) is 0 Å². The molecule has 0 aromatic heterocycles. The highest BCUT2D eigenvalue weighted by Gasteiger charge is 2.23. The third-order valence-corrected chi connectivity index (χ3v) is 3.60. The lowest BCUT2D eigenvalue weighted by atomic mass is 10.00. The molecule has 0 aliphatic heterocycles. The number of hydrogen-bond donors (Lipinski definition) is 1. The molecule has 1 saturated carbocycles. The third-order valence-electron chi connectivity index (χ3n) is 3.60. The molecule has 1 rings (SSSR count). The summed E-state index contributed by atoms with van der Waals surface area (Å²) in [6, 6.07) is 0.489. The molecule has 2 nitrogen and oxygen atoms in total. The van der Waals surface area contributed by atoms with Crippen LogP contribution < -0.4 is 5.73 Å². The molecular formula is C13H28N2. The monoisotopic (exact) mass is 212 g/mol. The van der Waals surface area contributed by atoms with Gasteiger partial charge in [-0.2, -0.15) is 0 Å². The van der Waals surface area contributed by atoms with E-state index in [1.54, 1.807) is 0 Å². The van der Waals surface area contributed by atoms with E-state index in [-0.39, 0.29) is 0 Å². The SMILES string of the molecule is CCN(CCC1CCCC1N)CC(C)C. The lowest BCUT2D eigenvalue weighted by Gasteiger charge is -2.25. The van der Waals surface area contributed by atoms with Crippen molar-refractivity contribution < 1.29 is 0 Å². The molecule has 0 aromatic carbocycles. The molecule has 2 atom stereocenters. The molecule has 0 saturated heterocycles. The first-order valence-electron chi connectivity index (χ1n) is 6.61. The summed E-state index contributed by atoms with van der Waals surface area (Å²) in [5.41, 5.74) is 6.09. The Morgan fingerprint density at radius 2 is 2.07 bits per heavy atom. The van der Waals surface area contributed by atoms with Gasteiger partial charge in [-0.05, 0) is 44.2 Å². The highest BCUT2D eigenvalue weighted by Crippen LogP contribution is 2.26. The van der Waals surface area contributed by atoms with Crippen LogP contribution >= 0.6 is 0 Å². The zero-order valence-electron chi connectivity index (χ0n) is 10.7. The Labute approximate surface area is 95.2 Å². The van der Waals surface area contributed by atoms with Crippen molar-refractivity contribution in [2.45, 2.75) is 52.5 Å². The summed E-state index contributed by atoms with van der Waals surface area (Å²) in [5, 5.41) is 0. The van der Waals surface area contributed by atoms with Gasteiger partial charge in [0.1, 0.15) is 0 Å². The minimum absolute atomic E-state index is 0.489. The Morgan fingerprint density at radius 1 is 1.33 bits per heavy atom. The number of nitrogens with two attached hydrogens (primary N) is 1. The molecule has 1 aliphatic carbocycles. The minimum atomic E-state index is 0.489. The zero-order chi connectivity index (χ0) is 11.3. The second kappa shape index (κ2) is 6.49. The molecule has 0 spiro atoms. The molecular weight excluding hydrogens is 184 g/mol. The Balaban J connectivity index is 2.21. The van der Waals surface area contributed by atoms with Crippen molar-refractivity contribution in [3.63, 3.8) is 0 Å². The van der Waals surface area contributed by atoms with E-state index in [0.29, 0.717) is 6.04 Å². The molecule has 15 heavy (non-hydrogen) atoms. The van der Waals surface area contributed by atoms with Crippen molar-refractivity contribution in [2.24, 2.45) is 17.6 Å². The number of nitrogens with zero attached hydrogens (tertiary/aromatic N) is 1. The lowest BCUT2D eigenvalue weighted by molar-refractivity contribution is 0.233. The van der Waals surface area contributed by atoms with Crippen LogP contribution in [0.3, 0.4) is 0 Å². The van der Waals surface area contributed by atoms with Gasteiger partial charge in [0.15, 0.2) is 0 Å². The Hall–Kier alpha value is -0.0800. The van der Waals surface area contributed by atoms with E-state index in [2.05, 4.69) is 25.7 Å². The maximum Gasteiger partial charge on any atom is 0.00676 e. The topological polar surface area (TPSA) is 29.3 Å². The van der Waals surface area contributed by atoms with Crippen LogP contribution in [0.15, 0.2) is 0 Å². The summed E-state index contributed by atoms with van der Waals surface area (Å²) in [7, 11) is 0. The van der Waals surface area contributed by atoms with Crippen LogP contribution in [0.1, 0.15) is 46.5 Å². The molecule has 1 fully saturated rings. The molecule has 1 aliphatic rings. The molecule has 0 heterocycles. The summed E-state index contributed by atoms with van der Waals surface area (Å²) in [5.74, 6) is 1.58. The van der Waals surface area contributed by atoms with Crippen LogP contribution in [0, 0.1) is 11.8 Å². The van der Waals surface area contributed by atoms with Crippen LogP contribution in [0.4, 0.5) is 0 Å². The van der Waals surface area contributed by atoms with Crippen LogP contribution in [0.25, 0.3) is 0 Å². The average molecular weight is 212 g/mol. The summed E-state index contributed by atoms with van der Waals surface area (Å²) in [6.45, 7) is 10.5. The van der Waals surface area contributed by atoms with Crippen LogP contribution in [0.2, 0.25) is 0 Å². The quantitative estimate of drug-likeness (QED) is 0.733. The van der Waals surface area contributed by atoms with Gasteiger partial charge in [-0.25, -0.2) is 0 Å². The standard InChI is InChI=1S/C13H28N2/c1-4-15(10-11(2)3)9-8-12-6-5-7-13(12)14/h11-13H,4-10,14H2,1-3H3. The van der Waals surface area contributed by atoms with Gasteiger partial charge in [-0.1, -0.05) is 27.2 Å². The lowest BCUT2D eigenvalue weighted by Crippen LogP contribution is -2.32. The molecule has 0 amide bonds. The molecule has 0 aromatic rings. The Bertz CT molecular complexity index is 168. The molecule has 0 bridgehead atoms. The summed E-state index contributed by atoms with van der Waals surface area (Å²) >= 11 is 0. The second-order valence-electron chi connectivity index (χ2n) is 5.43. The van der Waals surface area contributed by atoms with Gasteiger partial charge < -0.3 is 10.6 Å². The molecule has 0 radical (unpaired) electrons. The summed E-state index contributed by atoms with van der Waals surface area (Å²) in [4.78, 5) is 2.57. The number of hydrogen-bond acceptors (Lipinski definition) is 2. The zero-order valence-corrected chi connectivity index (χ0v) is 10.7. The average Bonchev–Trinajstić information content (AvgIpc) is 2.58. The van der Waals surface area contributed by atoms with Crippen molar-refractivity contribution in [3.8, 4) is 0 Å². The predicted octanol–water partition coefficient (Wildman–Crippen LogP) is 2.48. The minimum Gasteiger partial charge on any atom is -0.327 e. The van der Waals surface area contributed by atoms with E-state index in [1.807, 2.05) is 0 Å². The first kappa shape index (κ1) is 13.0. The Morgan fingerprint density at radius 3 is 2.53 bits per heavy atom. The highest BCUT2D eigenvalue weighted by molar-refractivity contribution is 4.80. The van der Waals surface area contributed by atoms with E-state index >= 15 is 0 Å². The molecule has 2 N–H and O–H groups in total. The van der Waals surface area contributed by atoms with Crippen LogP contribution in [-0.2, 0) is 0 Å². The van der Waals surface area contributed by atoms with Crippen molar-refractivity contribution in [3.05, 3.63) is 0 Å². The highest BCUT2D eigenvalue weighted by atomic mass is 15.1. The fraction of sp³-hybridized carbons (Fsp3) is 1.00. The fourth-order valence-corrected chi connectivity index (χ4v) is 2.67.